The van der Waals surface area contributed by atoms with Crippen LogP contribution in [0.1, 0.15) is 44.9 Å². The molecule has 1 aliphatic carbocycles. The van der Waals surface area contributed by atoms with Crippen molar-refractivity contribution in [3.63, 3.8) is 0 Å². The summed E-state index contributed by atoms with van der Waals surface area (Å²) in [4.78, 5) is 16.6. The molecule has 20 heavy (non-hydrogen) atoms. The molecule has 1 N–H and O–H groups in total. The second-order valence-corrected chi connectivity index (χ2v) is 6.76. The number of hydrogen-bond acceptors (Lipinski definition) is 3. The van der Waals surface area contributed by atoms with Crippen molar-refractivity contribution in [3.05, 3.63) is 0 Å². The maximum absolute atomic E-state index is 12.0. The molecule has 4 nitrogen and oxygen atoms in total. The first-order valence-electron chi connectivity index (χ1n) is 8.30. The molecule has 1 aliphatic heterocycles. The summed E-state index contributed by atoms with van der Waals surface area (Å²) < 4.78 is 0. The average molecular weight is 281 g/mol. The second kappa shape index (κ2) is 7.99. The van der Waals surface area contributed by atoms with Crippen molar-refractivity contribution < 1.29 is 4.79 Å². The molecule has 116 valence electrons. The predicted octanol–water partition coefficient (Wildman–Crippen LogP) is 1.71. The molecular weight excluding hydrogens is 250 g/mol. The summed E-state index contributed by atoms with van der Waals surface area (Å²) in [7, 11) is 4.27. The number of hydrogen-bond donors (Lipinski definition) is 1. The van der Waals surface area contributed by atoms with Crippen LogP contribution >= 0.6 is 0 Å². The highest BCUT2D eigenvalue weighted by Crippen LogP contribution is 2.22. The highest BCUT2D eigenvalue weighted by molar-refractivity contribution is 5.78. The number of piperidine rings is 1. The Bertz CT molecular complexity index is 294. The van der Waals surface area contributed by atoms with Crippen LogP contribution in [0.3, 0.4) is 0 Å². The number of likely N-dealkylation sites (tertiary alicyclic amines) is 1. The lowest BCUT2D eigenvalue weighted by Gasteiger charge is -2.34. The number of carbonyl (C=O) groups excluding carboxylic acids is 1. The van der Waals surface area contributed by atoms with Crippen LogP contribution in [0.5, 0.6) is 0 Å². The lowest BCUT2D eigenvalue weighted by Crippen LogP contribution is -2.46. The number of rotatable bonds is 5. The predicted molar refractivity (Wildman–Crippen MR) is 82.7 cm³/mol. The van der Waals surface area contributed by atoms with E-state index < -0.39 is 0 Å². The lowest BCUT2D eigenvalue weighted by atomic mass is 9.89. The number of nitrogens with zero attached hydrogens (tertiary/aromatic N) is 2. The standard InChI is InChI=1S/C16H31N3O/c1-18-10-8-15(9-11-18)19(2)13-16(20)17-12-14-6-4-3-5-7-14/h14-15H,3-13H2,1-2H3,(H,17,20). The molecule has 0 unspecified atom stereocenters. The van der Waals surface area contributed by atoms with E-state index in [0.717, 1.165) is 25.6 Å². The van der Waals surface area contributed by atoms with Gasteiger partial charge >= 0.3 is 0 Å². The molecule has 0 spiro atoms. The topological polar surface area (TPSA) is 35.6 Å². The average Bonchev–Trinajstić information content (AvgIpc) is 2.47. The zero-order chi connectivity index (χ0) is 14.4. The fraction of sp³-hybridized carbons (Fsp3) is 0.938. The van der Waals surface area contributed by atoms with Gasteiger partial charge in [-0.2, -0.15) is 0 Å². The molecule has 0 atom stereocenters. The van der Waals surface area contributed by atoms with Crippen LogP contribution in [0, 0.1) is 5.92 Å². The monoisotopic (exact) mass is 281 g/mol. The molecule has 1 saturated heterocycles. The van der Waals surface area contributed by atoms with Gasteiger partial charge in [-0.25, -0.2) is 0 Å². The maximum Gasteiger partial charge on any atom is 0.234 e. The Morgan fingerprint density at radius 1 is 1.15 bits per heavy atom. The molecule has 4 heteroatoms. The van der Waals surface area contributed by atoms with Gasteiger partial charge in [-0.3, -0.25) is 9.69 Å². The van der Waals surface area contributed by atoms with Crippen molar-refractivity contribution in [2.45, 2.75) is 51.0 Å². The summed E-state index contributed by atoms with van der Waals surface area (Å²) in [5, 5.41) is 3.14. The zero-order valence-electron chi connectivity index (χ0n) is 13.2. The van der Waals surface area contributed by atoms with Crippen LogP contribution in [0.15, 0.2) is 0 Å². The van der Waals surface area contributed by atoms with E-state index in [1.165, 1.54) is 44.9 Å². The van der Waals surface area contributed by atoms with Crippen molar-refractivity contribution in [1.82, 2.24) is 15.1 Å². The Kier molecular flexibility index (Phi) is 6.30. The normalized spacial score (nSPS) is 23.1. The van der Waals surface area contributed by atoms with Crippen LogP contribution in [0.2, 0.25) is 0 Å². The molecule has 0 aromatic heterocycles. The number of amides is 1. The first-order chi connectivity index (χ1) is 9.65. The van der Waals surface area contributed by atoms with E-state index in [1.54, 1.807) is 0 Å². The number of likely N-dealkylation sites (N-methyl/N-ethyl adjacent to an activating group) is 1. The lowest BCUT2D eigenvalue weighted by molar-refractivity contribution is -0.122. The van der Waals surface area contributed by atoms with Gasteiger partial charge in [0.25, 0.3) is 0 Å². The van der Waals surface area contributed by atoms with Gasteiger partial charge in [-0.15, -0.1) is 0 Å². The van der Waals surface area contributed by atoms with Gasteiger partial charge < -0.3 is 10.2 Å². The maximum atomic E-state index is 12.0. The van der Waals surface area contributed by atoms with E-state index in [1.807, 2.05) is 0 Å². The van der Waals surface area contributed by atoms with E-state index in [9.17, 15) is 4.79 Å². The summed E-state index contributed by atoms with van der Waals surface area (Å²) in [6.45, 7) is 3.75. The van der Waals surface area contributed by atoms with E-state index in [-0.39, 0.29) is 5.91 Å². The molecule has 2 rings (SSSR count). The quantitative estimate of drug-likeness (QED) is 0.833. The van der Waals surface area contributed by atoms with Crippen LogP contribution in [-0.2, 0) is 4.79 Å². The Balaban J connectivity index is 1.63. The van der Waals surface area contributed by atoms with Gasteiger partial charge in [-0.1, -0.05) is 19.3 Å². The smallest absolute Gasteiger partial charge is 0.234 e. The summed E-state index contributed by atoms with van der Waals surface area (Å²) in [6.07, 6.45) is 9.03. The molecule has 1 amide bonds. The fourth-order valence-corrected chi connectivity index (χ4v) is 3.50. The van der Waals surface area contributed by atoms with Crippen molar-refractivity contribution >= 4 is 5.91 Å². The van der Waals surface area contributed by atoms with Crippen LogP contribution in [0.25, 0.3) is 0 Å². The Labute approximate surface area is 123 Å². The SMILES string of the molecule is CN1CCC(N(C)CC(=O)NCC2CCCCC2)CC1. The molecule has 2 fully saturated rings. The van der Waals surface area contributed by atoms with E-state index in [0.29, 0.717) is 12.6 Å². The van der Waals surface area contributed by atoms with Crippen molar-refractivity contribution in [2.75, 3.05) is 40.3 Å². The second-order valence-electron chi connectivity index (χ2n) is 6.76. The van der Waals surface area contributed by atoms with Gasteiger partial charge in [0.2, 0.25) is 5.91 Å². The highest BCUT2D eigenvalue weighted by Gasteiger charge is 2.22. The van der Waals surface area contributed by atoms with Gasteiger partial charge in [0.1, 0.15) is 0 Å². The molecule has 0 aromatic carbocycles. The van der Waals surface area contributed by atoms with Crippen LogP contribution in [0.4, 0.5) is 0 Å². The minimum absolute atomic E-state index is 0.206. The molecule has 0 aromatic rings. The number of nitrogens with one attached hydrogen (secondary N) is 1. The summed E-state index contributed by atoms with van der Waals surface area (Å²) in [5.41, 5.74) is 0. The highest BCUT2D eigenvalue weighted by atomic mass is 16.2. The third-order valence-corrected chi connectivity index (χ3v) is 5.02. The first kappa shape index (κ1) is 15.8. The zero-order valence-corrected chi connectivity index (χ0v) is 13.2. The fourth-order valence-electron chi connectivity index (χ4n) is 3.50. The van der Waals surface area contributed by atoms with E-state index in [4.69, 9.17) is 0 Å². The van der Waals surface area contributed by atoms with Crippen LogP contribution < -0.4 is 5.32 Å². The van der Waals surface area contributed by atoms with Gasteiger partial charge in [0, 0.05) is 12.6 Å². The van der Waals surface area contributed by atoms with E-state index >= 15 is 0 Å². The summed E-state index contributed by atoms with van der Waals surface area (Å²) >= 11 is 0. The summed E-state index contributed by atoms with van der Waals surface area (Å²) in [6, 6.07) is 0.576. The Morgan fingerprint density at radius 2 is 1.80 bits per heavy atom. The van der Waals surface area contributed by atoms with Gasteiger partial charge in [0.15, 0.2) is 0 Å². The Hall–Kier alpha value is -0.610. The molecule has 0 bridgehead atoms. The van der Waals surface area contributed by atoms with Crippen molar-refractivity contribution in [3.8, 4) is 0 Å². The van der Waals surface area contributed by atoms with Gasteiger partial charge in [-0.05, 0) is 58.8 Å². The number of carbonyl (C=O) groups is 1. The molecule has 1 heterocycles. The van der Waals surface area contributed by atoms with Gasteiger partial charge in [0.05, 0.1) is 6.54 Å². The van der Waals surface area contributed by atoms with Crippen molar-refractivity contribution in [2.24, 2.45) is 5.92 Å². The molecule has 2 aliphatic rings. The van der Waals surface area contributed by atoms with E-state index in [2.05, 4.69) is 29.2 Å². The molecular formula is C16H31N3O. The molecule has 0 radical (unpaired) electrons. The third kappa shape index (κ3) is 5.06. The first-order valence-corrected chi connectivity index (χ1v) is 8.30. The Morgan fingerprint density at radius 3 is 2.45 bits per heavy atom. The largest absolute Gasteiger partial charge is 0.355 e. The van der Waals surface area contributed by atoms with Crippen molar-refractivity contribution in [1.29, 1.82) is 0 Å². The minimum atomic E-state index is 0.206. The third-order valence-electron chi connectivity index (χ3n) is 5.02. The minimum Gasteiger partial charge on any atom is -0.355 e. The molecule has 1 saturated carbocycles. The van der Waals surface area contributed by atoms with Crippen LogP contribution in [-0.4, -0.2) is 62.0 Å². The summed E-state index contributed by atoms with van der Waals surface area (Å²) in [5.74, 6) is 0.929.